The number of carbonyl (C=O) groups is 3. The van der Waals surface area contributed by atoms with Gasteiger partial charge in [-0.1, -0.05) is 0 Å². The number of ether oxygens (including phenoxy) is 1. The molecule has 1 spiro atoms. The van der Waals surface area contributed by atoms with Gasteiger partial charge in [0.1, 0.15) is 6.61 Å². The first-order chi connectivity index (χ1) is 17.6. The van der Waals surface area contributed by atoms with Gasteiger partial charge in [0.05, 0.1) is 36.6 Å². The maximum atomic E-state index is 12.2. The van der Waals surface area contributed by atoms with E-state index in [-0.39, 0.29) is 18.1 Å². The summed E-state index contributed by atoms with van der Waals surface area (Å²) in [5, 5.41) is 14.2. The first kappa shape index (κ1) is 30.6. The van der Waals surface area contributed by atoms with Crippen LogP contribution >= 0.6 is 0 Å². The molecule has 4 rings (SSSR count). The van der Waals surface area contributed by atoms with Crippen molar-refractivity contribution in [1.82, 2.24) is 9.88 Å². The van der Waals surface area contributed by atoms with E-state index in [2.05, 4.69) is 9.88 Å². The Morgan fingerprint density at radius 2 is 1.61 bits per heavy atom. The van der Waals surface area contributed by atoms with Crippen LogP contribution in [0.3, 0.4) is 0 Å². The van der Waals surface area contributed by atoms with Crippen LogP contribution in [0.15, 0.2) is 47.5 Å². The van der Waals surface area contributed by atoms with Crippen LogP contribution in [0.2, 0.25) is 0 Å². The van der Waals surface area contributed by atoms with Gasteiger partial charge in [0.15, 0.2) is 0 Å². The number of carbonyl (C=O) groups excluding carboxylic acids is 1. The average Bonchev–Trinajstić information content (AvgIpc) is 3.36. The molecule has 0 radical (unpaired) electrons. The largest absolute Gasteiger partial charge is 0.490 e. The number of aromatic nitrogens is 1. The van der Waals surface area contributed by atoms with Crippen molar-refractivity contribution in [3.8, 4) is 0 Å². The third-order valence-electron chi connectivity index (χ3n) is 5.45. The van der Waals surface area contributed by atoms with Crippen LogP contribution in [-0.2, 0) is 25.7 Å². The number of piperidine rings is 1. The van der Waals surface area contributed by atoms with Crippen molar-refractivity contribution in [3.05, 3.63) is 48.7 Å². The highest BCUT2D eigenvalue weighted by Crippen LogP contribution is 2.33. The number of anilines is 1. The number of halogens is 6. The van der Waals surface area contributed by atoms with Crippen molar-refractivity contribution in [2.45, 2.75) is 37.3 Å². The Balaban J connectivity index is 0.000000301. The number of hydrogen-bond acceptors (Lipinski definition) is 7. The number of aliphatic carboxylic acids is 2. The van der Waals surface area contributed by atoms with Gasteiger partial charge in [-0.3, -0.25) is 14.7 Å². The van der Waals surface area contributed by atoms with E-state index >= 15 is 0 Å². The lowest BCUT2D eigenvalue weighted by Gasteiger charge is -2.46. The fourth-order valence-electron chi connectivity index (χ4n) is 3.53. The van der Waals surface area contributed by atoms with Crippen molar-refractivity contribution in [1.29, 1.82) is 0 Å². The second-order valence-electron chi connectivity index (χ2n) is 8.18. The maximum absolute atomic E-state index is 12.2. The molecule has 2 fully saturated rings. The van der Waals surface area contributed by atoms with Crippen LogP contribution in [0.5, 0.6) is 0 Å². The highest BCUT2D eigenvalue weighted by Gasteiger charge is 2.43. The molecule has 0 atom stereocenters. The minimum Gasteiger partial charge on any atom is -0.475 e. The van der Waals surface area contributed by atoms with Crippen molar-refractivity contribution < 1.29 is 60.1 Å². The molecule has 4 heterocycles. The van der Waals surface area contributed by atoms with Crippen molar-refractivity contribution in [2.24, 2.45) is 0 Å². The third kappa shape index (κ3) is 9.33. The van der Waals surface area contributed by atoms with Crippen LogP contribution in [0.4, 0.5) is 32.0 Å². The molecule has 10 nitrogen and oxygen atoms in total. The van der Waals surface area contributed by atoms with Crippen LogP contribution in [0, 0.1) is 0 Å². The number of pyridine rings is 1. The van der Waals surface area contributed by atoms with E-state index in [4.69, 9.17) is 29.0 Å². The summed E-state index contributed by atoms with van der Waals surface area (Å²) in [5.74, 6) is -5.51. The minimum atomic E-state index is -5.08. The lowest BCUT2D eigenvalue weighted by atomic mass is 9.89. The number of morpholine rings is 1. The lowest BCUT2D eigenvalue weighted by molar-refractivity contribution is -0.193. The molecule has 2 aliphatic heterocycles. The number of likely N-dealkylation sites (tertiary alicyclic amines) is 1. The first-order valence-corrected chi connectivity index (χ1v) is 10.8. The maximum Gasteiger partial charge on any atom is 0.490 e. The van der Waals surface area contributed by atoms with Gasteiger partial charge in [-0.2, -0.15) is 26.3 Å². The summed E-state index contributed by atoms with van der Waals surface area (Å²) in [6.45, 7) is 3.58. The molecule has 0 bridgehead atoms. The average molecular weight is 555 g/mol. The molecule has 2 aliphatic rings. The predicted molar refractivity (Wildman–Crippen MR) is 116 cm³/mol. The van der Waals surface area contributed by atoms with Crippen LogP contribution < -0.4 is 4.90 Å². The minimum absolute atomic E-state index is 0.00875. The molecular formula is C22H23F6N3O7. The zero-order valence-corrected chi connectivity index (χ0v) is 19.5. The summed E-state index contributed by atoms with van der Waals surface area (Å²) in [6.07, 6.45) is -1.35. The Hall–Kier alpha value is -3.66. The molecule has 38 heavy (non-hydrogen) atoms. The summed E-state index contributed by atoms with van der Waals surface area (Å²) in [6, 6.07) is 5.79. The van der Waals surface area contributed by atoms with E-state index in [1.54, 1.807) is 24.9 Å². The second-order valence-corrected chi connectivity index (χ2v) is 8.18. The van der Waals surface area contributed by atoms with Gasteiger partial charge in [-0.15, -0.1) is 0 Å². The standard InChI is InChI=1S/C18H21N3O3.2C2HF3O2/c22-17-13-24-18(14-21(17)16-2-1-6-19-10-16)4-7-20(8-5-18)11-15-3-9-23-12-15;2*3-2(4,5)1(6)7/h1-3,6,9-10,12H,4-5,7-8,11,13-14H2;2*(H,6,7). The Bertz CT molecular complexity index is 1030. The molecule has 0 unspecified atom stereocenters. The van der Waals surface area contributed by atoms with Gasteiger partial charge in [-0.05, 0) is 31.0 Å². The summed E-state index contributed by atoms with van der Waals surface area (Å²) >= 11 is 0. The predicted octanol–water partition coefficient (Wildman–Crippen LogP) is 3.34. The molecule has 210 valence electrons. The molecule has 0 saturated carbocycles. The number of carboxylic acids is 2. The van der Waals surface area contributed by atoms with Crippen LogP contribution in [0.1, 0.15) is 18.4 Å². The van der Waals surface area contributed by atoms with Gasteiger partial charge in [0.25, 0.3) is 5.91 Å². The quantitative estimate of drug-likeness (QED) is 0.547. The zero-order valence-electron chi connectivity index (χ0n) is 19.5. The van der Waals surface area contributed by atoms with E-state index < -0.39 is 24.3 Å². The highest BCUT2D eigenvalue weighted by atomic mass is 19.4. The zero-order chi connectivity index (χ0) is 28.6. The van der Waals surface area contributed by atoms with Crippen molar-refractivity contribution >= 4 is 23.5 Å². The van der Waals surface area contributed by atoms with E-state index in [0.29, 0.717) is 6.54 Å². The third-order valence-corrected chi connectivity index (χ3v) is 5.45. The molecular weight excluding hydrogens is 532 g/mol. The summed E-state index contributed by atoms with van der Waals surface area (Å²) in [5.41, 5.74) is 1.81. The van der Waals surface area contributed by atoms with E-state index in [0.717, 1.165) is 38.2 Å². The van der Waals surface area contributed by atoms with Gasteiger partial charge in [-0.25, -0.2) is 9.59 Å². The van der Waals surface area contributed by atoms with Crippen LogP contribution in [-0.4, -0.2) is 82.1 Å². The van der Waals surface area contributed by atoms with E-state index in [1.165, 1.54) is 5.56 Å². The van der Waals surface area contributed by atoms with Gasteiger partial charge < -0.3 is 24.3 Å². The molecule has 2 saturated heterocycles. The Kier molecular flexibility index (Phi) is 10.2. The number of hydrogen-bond donors (Lipinski definition) is 2. The molecule has 0 aromatic carbocycles. The van der Waals surface area contributed by atoms with Crippen LogP contribution in [0.25, 0.3) is 0 Å². The number of rotatable bonds is 3. The normalized spacial score (nSPS) is 17.6. The topological polar surface area (TPSA) is 133 Å². The summed E-state index contributed by atoms with van der Waals surface area (Å²) in [4.78, 5) is 38.4. The monoisotopic (exact) mass is 555 g/mol. The SMILES string of the molecule is O=C(O)C(F)(F)F.O=C(O)C(F)(F)F.O=C1COC2(CCN(Cc3ccoc3)CC2)CN1c1cccnc1. The Morgan fingerprint density at radius 1 is 1.03 bits per heavy atom. The number of nitrogens with zero attached hydrogens (tertiary/aromatic N) is 3. The first-order valence-electron chi connectivity index (χ1n) is 10.8. The van der Waals surface area contributed by atoms with Crippen molar-refractivity contribution in [2.75, 3.05) is 31.1 Å². The number of amides is 1. The summed E-state index contributed by atoms with van der Waals surface area (Å²) < 4.78 is 74.6. The van der Waals surface area contributed by atoms with Gasteiger partial charge in [0.2, 0.25) is 0 Å². The number of alkyl halides is 6. The summed E-state index contributed by atoms with van der Waals surface area (Å²) in [7, 11) is 0. The smallest absolute Gasteiger partial charge is 0.475 e. The number of furan rings is 1. The lowest BCUT2D eigenvalue weighted by Crippen LogP contribution is -2.58. The molecule has 0 aliphatic carbocycles. The van der Waals surface area contributed by atoms with E-state index in [1.807, 2.05) is 23.1 Å². The van der Waals surface area contributed by atoms with Gasteiger partial charge >= 0.3 is 24.3 Å². The fourth-order valence-corrected chi connectivity index (χ4v) is 3.53. The Morgan fingerprint density at radius 3 is 2.05 bits per heavy atom. The molecule has 2 aromatic rings. The molecule has 2 aromatic heterocycles. The molecule has 1 amide bonds. The van der Waals surface area contributed by atoms with E-state index in [9.17, 15) is 31.1 Å². The Labute approximate surface area is 211 Å². The fraction of sp³-hybridized carbons (Fsp3) is 0.455. The van der Waals surface area contributed by atoms with Gasteiger partial charge in [0, 0.05) is 31.4 Å². The van der Waals surface area contributed by atoms with Crippen molar-refractivity contribution in [3.63, 3.8) is 0 Å². The highest BCUT2D eigenvalue weighted by molar-refractivity contribution is 5.95. The number of carboxylic acid groups (broad SMARTS) is 2. The second kappa shape index (κ2) is 12.7. The molecule has 2 N–H and O–H groups in total. The molecule has 16 heteroatoms.